The van der Waals surface area contributed by atoms with Crippen molar-refractivity contribution in [3.8, 4) is 0 Å². The van der Waals surface area contributed by atoms with Gasteiger partial charge in [-0.2, -0.15) is 0 Å². The van der Waals surface area contributed by atoms with Crippen molar-refractivity contribution < 1.29 is 18.6 Å². The Labute approximate surface area is 144 Å². The van der Waals surface area contributed by atoms with Crippen molar-refractivity contribution in [3.63, 3.8) is 0 Å². The predicted molar refractivity (Wildman–Crippen MR) is 88.1 cm³/mol. The third kappa shape index (κ3) is 2.47. The van der Waals surface area contributed by atoms with Gasteiger partial charge in [-0.25, -0.2) is 4.39 Å². The third-order valence-corrected chi connectivity index (χ3v) is 7.56. The Morgan fingerprint density at radius 1 is 1.22 bits per heavy atom. The third-order valence-electron chi connectivity index (χ3n) is 7.13. The molecule has 0 heterocycles. The van der Waals surface area contributed by atoms with Gasteiger partial charge in [-0.15, -0.1) is 11.6 Å². The molecule has 0 aromatic rings. The summed E-state index contributed by atoms with van der Waals surface area (Å²) < 4.78 is 32.7. The van der Waals surface area contributed by atoms with E-state index in [1.165, 1.54) is 0 Å². The highest BCUT2D eigenvalue weighted by Gasteiger charge is 2.68. The maximum Gasteiger partial charge on any atom is 0.217 e. The molecule has 4 unspecified atom stereocenters. The summed E-state index contributed by atoms with van der Waals surface area (Å²) >= 11 is 6.37. The van der Waals surface area contributed by atoms with E-state index in [4.69, 9.17) is 25.8 Å². The Morgan fingerprint density at radius 2 is 1.83 bits per heavy atom. The zero-order valence-electron chi connectivity index (χ0n) is 14.7. The van der Waals surface area contributed by atoms with Crippen molar-refractivity contribution in [2.75, 3.05) is 20.1 Å². The SMILES string of the molecule is CCC(CCl)(OC)C12CC3CC(C1)C(F)(OC(C)OC)C(C3)C2. The average Bonchev–Trinajstić information content (AvgIpc) is 2.54. The molecule has 4 aliphatic rings. The van der Waals surface area contributed by atoms with Gasteiger partial charge in [0.25, 0.3) is 0 Å². The first-order chi connectivity index (χ1) is 10.9. The zero-order chi connectivity index (χ0) is 16.9. The summed E-state index contributed by atoms with van der Waals surface area (Å²) in [5.74, 6) is -0.663. The van der Waals surface area contributed by atoms with Crippen molar-refractivity contribution in [1.82, 2.24) is 0 Å². The molecular formula is C18H30ClFO3. The second-order valence-corrected chi connectivity index (χ2v) is 8.20. The highest BCUT2D eigenvalue weighted by atomic mass is 35.5. The van der Waals surface area contributed by atoms with E-state index in [9.17, 15) is 0 Å². The van der Waals surface area contributed by atoms with Gasteiger partial charge in [-0.3, -0.25) is 0 Å². The van der Waals surface area contributed by atoms with Gasteiger partial charge in [-0.05, 0) is 51.4 Å². The van der Waals surface area contributed by atoms with Gasteiger partial charge in [0.2, 0.25) is 5.85 Å². The molecule has 0 aliphatic heterocycles. The largest absolute Gasteiger partial charge is 0.376 e. The molecule has 0 spiro atoms. The van der Waals surface area contributed by atoms with Gasteiger partial charge in [0.05, 0.1) is 11.5 Å². The van der Waals surface area contributed by atoms with Gasteiger partial charge in [0.15, 0.2) is 6.29 Å². The van der Waals surface area contributed by atoms with Gasteiger partial charge in [-0.1, -0.05) is 6.92 Å². The van der Waals surface area contributed by atoms with Crippen LogP contribution in [0.4, 0.5) is 4.39 Å². The summed E-state index contributed by atoms with van der Waals surface area (Å²) in [6.45, 7) is 3.91. The molecule has 134 valence electrons. The maximum absolute atomic E-state index is 15.8. The normalized spacial score (nSPS) is 45.9. The van der Waals surface area contributed by atoms with Crippen molar-refractivity contribution in [2.45, 2.75) is 70.1 Å². The molecule has 0 N–H and O–H groups in total. The van der Waals surface area contributed by atoms with Crippen LogP contribution in [0.25, 0.3) is 0 Å². The number of alkyl halides is 2. The van der Waals surface area contributed by atoms with E-state index in [1.807, 2.05) is 0 Å². The number of hydrogen-bond donors (Lipinski definition) is 0. The van der Waals surface area contributed by atoms with Crippen LogP contribution in [-0.4, -0.2) is 37.8 Å². The summed E-state index contributed by atoms with van der Waals surface area (Å²) in [5.41, 5.74) is -0.359. The summed E-state index contributed by atoms with van der Waals surface area (Å²) in [6.07, 6.45) is 4.91. The highest BCUT2D eigenvalue weighted by molar-refractivity contribution is 6.18. The Hall–Kier alpha value is 0.1000. The standard InChI is InChI=1S/C18H30ClFO3/c1-5-17(11-19,22-4)16-8-13-6-14(9-16)18(20,15(7-13)10-16)23-12(2)21-3/h12-15H,5-11H2,1-4H3. The fraction of sp³-hybridized carbons (Fsp3) is 1.00. The lowest BCUT2D eigenvalue weighted by atomic mass is 9.43. The van der Waals surface area contributed by atoms with Crippen LogP contribution in [0.3, 0.4) is 0 Å². The molecule has 0 aromatic carbocycles. The fourth-order valence-corrected chi connectivity index (χ4v) is 6.57. The second-order valence-electron chi connectivity index (χ2n) is 7.93. The molecule has 23 heavy (non-hydrogen) atoms. The molecule has 4 aliphatic carbocycles. The molecule has 0 amide bonds. The van der Waals surface area contributed by atoms with Crippen molar-refractivity contribution in [1.29, 1.82) is 0 Å². The predicted octanol–water partition coefficient (Wildman–Crippen LogP) is 4.52. The summed E-state index contributed by atoms with van der Waals surface area (Å²) in [4.78, 5) is 0. The Kier molecular flexibility index (Phi) is 4.76. The molecule has 4 rings (SSSR count). The molecule has 0 saturated heterocycles. The van der Waals surface area contributed by atoms with Crippen LogP contribution in [-0.2, 0) is 14.2 Å². The van der Waals surface area contributed by atoms with E-state index in [-0.39, 0.29) is 22.9 Å². The van der Waals surface area contributed by atoms with Crippen LogP contribution in [0.15, 0.2) is 0 Å². The van der Waals surface area contributed by atoms with Gasteiger partial charge in [0.1, 0.15) is 0 Å². The van der Waals surface area contributed by atoms with Gasteiger partial charge < -0.3 is 14.2 Å². The molecule has 4 saturated carbocycles. The van der Waals surface area contributed by atoms with Gasteiger partial charge >= 0.3 is 0 Å². The van der Waals surface area contributed by atoms with E-state index in [2.05, 4.69) is 6.92 Å². The molecule has 0 aromatic heterocycles. The first-order valence-corrected chi connectivity index (χ1v) is 9.42. The van der Waals surface area contributed by atoms with Crippen LogP contribution in [0.2, 0.25) is 0 Å². The van der Waals surface area contributed by atoms with E-state index in [0.717, 1.165) is 38.5 Å². The number of hydrogen-bond acceptors (Lipinski definition) is 3. The Bertz CT molecular complexity index is 416. The van der Waals surface area contributed by atoms with Crippen LogP contribution in [0.1, 0.15) is 52.4 Å². The minimum atomic E-state index is -1.56. The second kappa shape index (κ2) is 6.12. The molecule has 3 nitrogen and oxygen atoms in total. The maximum atomic E-state index is 15.8. The van der Waals surface area contributed by atoms with Crippen molar-refractivity contribution >= 4 is 11.6 Å². The van der Waals surface area contributed by atoms with Crippen molar-refractivity contribution in [2.24, 2.45) is 23.2 Å². The minimum Gasteiger partial charge on any atom is -0.376 e. The molecule has 4 bridgehead atoms. The Balaban J connectivity index is 1.91. The summed E-state index contributed by atoms with van der Waals surface area (Å²) in [7, 11) is 3.32. The van der Waals surface area contributed by atoms with E-state index in [1.54, 1.807) is 21.1 Å². The highest BCUT2D eigenvalue weighted by Crippen LogP contribution is 2.69. The molecule has 0 radical (unpaired) electrons. The molecule has 4 fully saturated rings. The number of rotatable bonds is 7. The lowest BCUT2D eigenvalue weighted by Crippen LogP contribution is -2.67. The van der Waals surface area contributed by atoms with Crippen LogP contribution < -0.4 is 0 Å². The molecule has 4 atom stereocenters. The van der Waals surface area contributed by atoms with E-state index < -0.39 is 12.1 Å². The topological polar surface area (TPSA) is 27.7 Å². The van der Waals surface area contributed by atoms with Crippen LogP contribution >= 0.6 is 11.6 Å². The first kappa shape index (κ1) is 17.9. The number of methoxy groups -OCH3 is 2. The number of ether oxygens (including phenoxy) is 3. The summed E-state index contributed by atoms with van der Waals surface area (Å²) in [6, 6.07) is 0. The van der Waals surface area contributed by atoms with Crippen LogP contribution in [0.5, 0.6) is 0 Å². The fourth-order valence-electron chi connectivity index (χ4n) is 5.99. The van der Waals surface area contributed by atoms with Crippen LogP contribution in [0, 0.1) is 23.2 Å². The summed E-state index contributed by atoms with van der Waals surface area (Å²) in [5, 5.41) is 0. The quantitative estimate of drug-likeness (QED) is 0.500. The zero-order valence-corrected chi connectivity index (χ0v) is 15.5. The van der Waals surface area contributed by atoms with Crippen molar-refractivity contribution in [3.05, 3.63) is 0 Å². The average molecular weight is 349 g/mol. The Morgan fingerprint density at radius 3 is 2.26 bits per heavy atom. The lowest BCUT2D eigenvalue weighted by Gasteiger charge is -2.66. The first-order valence-electron chi connectivity index (χ1n) is 8.89. The smallest absolute Gasteiger partial charge is 0.217 e. The minimum absolute atomic E-state index is 0.00991. The van der Waals surface area contributed by atoms with E-state index in [0.29, 0.717) is 11.8 Å². The number of halogens is 2. The molecule has 5 heteroatoms. The monoisotopic (exact) mass is 348 g/mol. The van der Waals surface area contributed by atoms with E-state index >= 15 is 4.39 Å². The van der Waals surface area contributed by atoms with Gasteiger partial charge in [0, 0.05) is 31.5 Å². The molecular weight excluding hydrogens is 319 g/mol. The lowest BCUT2D eigenvalue weighted by molar-refractivity contribution is -0.349.